The smallest absolute Gasteiger partial charge is 0.164 e. The van der Waals surface area contributed by atoms with E-state index in [1.165, 1.54) is 47.6 Å². The second-order valence-corrected chi connectivity index (χ2v) is 15.1. The fourth-order valence-electron chi connectivity index (χ4n) is 7.96. The molecule has 262 valence electrons. The first-order chi connectivity index (χ1) is 27.7. The van der Waals surface area contributed by atoms with Gasteiger partial charge in [-0.15, -0.1) is 11.3 Å². The van der Waals surface area contributed by atoms with Crippen LogP contribution in [0, 0.1) is 0 Å². The van der Waals surface area contributed by atoms with E-state index in [2.05, 4.69) is 162 Å². The van der Waals surface area contributed by atoms with Gasteiger partial charge in [-0.05, 0) is 58.7 Å². The number of nitrogens with zero attached hydrogens (tertiary/aromatic N) is 4. The van der Waals surface area contributed by atoms with Crippen LogP contribution in [-0.2, 0) is 0 Å². The maximum Gasteiger partial charge on any atom is 0.164 e. The zero-order chi connectivity index (χ0) is 37.0. The summed E-state index contributed by atoms with van der Waals surface area (Å²) < 4.78 is 5.01. The molecule has 3 heterocycles. The molecule has 0 amide bonds. The van der Waals surface area contributed by atoms with Gasteiger partial charge in [-0.2, -0.15) is 0 Å². The monoisotopic (exact) mass is 732 g/mol. The third kappa shape index (κ3) is 5.48. The number of benzene rings is 8. The summed E-state index contributed by atoms with van der Waals surface area (Å²) in [5.41, 5.74) is 10.8. The van der Waals surface area contributed by atoms with E-state index in [9.17, 15) is 0 Å². The predicted octanol–water partition coefficient (Wildman–Crippen LogP) is 13.7. The van der Waals surface area contributed by atoms with Crippen LogP contribution in [0.3, 0.4) is 0 Å². The molecule has 0 fully saturated rings. The maximum absolute atomic E-state index is 5.18. The van der Waals surface area contributed by atoms with Gasteiger partial charge in [0.05, 0.1) is 15.7 Å². The lowest BCUT2D eigenvalue weighted by atomic mass is 10.0. The minimum absolute atomic E-state index is 0.621. The van der Waals surface area contributed by atoms with E-state index in [1.807, 2.05) is 47.7 Å². The lowest BCUT2D eigenvalue weighted by Crippen LogP contribution is -2.02. The van der Waals surface area contributed by atoms with Gasteiger partial charge >= 0.3 is 0 Å². The Balaban J connectivity index is 1.23. The Morgan fingerprint density at radius 3 is 1.50 bits per heavy atom. The summed E-state index contributed by atoms with van der Waals surface area (Å²) in [6, 6.07) is 68.6. The first kappa shape index (κ1) is 32.2. The van der Waals surface area contributed by atoms with Gasteiger partial charge in [-0.3, -0.25) is 0 Å². The topological polar surface area (TPSA) is 43.6 Å². The van der Waals surface area contributed by atoms with Crippen molar-refractivity contribution < 1.29 is 0 Å². The van der Waals surface area contributed by atoms with Crippen molar-refractivity contribution in [1.82, 2.24) is 19.5 Å². The van der Waals surface area contributed by atoms with E-state index in [0.29, 0.717) is 17.5 Å². The molecule has 5 heteroatoms. The predicted molar refractivity (Wildman–Crippen MR) is 234 cm³/mol. The molecule has 0 saturated carbocycles. The van der Waals surface area contributed by atoms with Gasteiger partial charge in [0.25, 0.3) is 0 Å². The average Bonchev–Trinajstić information content (AvgIpc) is 3.83. The van der Waals surface area contributed by atoms with Crippen molar-refractivity contribution >= 4 is 53.3 Å². The van der Waals surface area contributed by atoms with Gasteiger partial charge in [-0.1, -0.05) is 158 Å². The molecule has 4 nitrogen and oxygen atoms in total. The highest BCUT2D eigenvalue weighted by Gasteiger charge is 2.21. The maximum atomic E-state index is 5.18. The standard InChI is InChI=1S/C51H32N4S/c1-5-15-33(16-6-1)37-25-28-45-44(32-37)42-26-27-43-41-23-13-14-24-46(41)56-48(43)47(42)55(45)40-30-38(34-17-7-2-8-18-34)29-39(31-40)51-53-49(35-19-9-3-10-20-35)52-50(54-51)36-21-11-4-12-22-36/h1-32H. The Kier molecular flexibility index (Phi) is 7.64. The summed E-state index contributed by atoms with van der Waals surface area (Å²) in [6.07, 6.45) is 0. The van der Waals surface area contributed by atoms with Gasteiger partial charge in [0.2, 0.25) is 0 Å². The van der Waals surface area contributed by atoms with Crippen LogP contribution in [0.4, 0.5) is 0 Å². The van der Waals surface area contributed by atoms with Crippen molar-refractivity contribution in [1.29, 1.82) is 0 Å². The normalized spacial score (nSPS) is 11.6. The molecule has 0 radical (unpaired) electrons. The second kappa shape index (κ2) is 13.3. The molecular formula is C51H32N4S. The molecule has 0 N–H and O–H groups in total. The fraction of sp³-hybridized carbons (Fsp3) is 0. The van der Waals surface area contributed by atoms with Crippen LogP contribution in [0.25, 0.3) is 104 Å². The van der Waals surface area contributed by atoms with Crippen molar-refractivity contribution in [2.45, 2.75) is 0 Å². The van der Waals surface area contributed by atoms with Crippen molar-refractivity contribution in [2.75, 3.05) is 0 Å². The van der Waals surface area contributed by atoms with Crippen LogP contribution >= 0.6 is 11.3 Å². The summed E-state index contributed by atoms with van der Waals surface area (Å²) in [7, 11) is 0. The van der Waals surface area contributed by atoms with Crippen LogP contribution in [0.5, 0.6) is 0 Å². The van der Waals surface area contributed by atoms with Crippen LogP contribution < -0.4 is 0 Å². The lowest BCUT2D eigenvalue weighted by molar-refractivity contribution is 1.07. The van der Waals surface area contributed by atoms with Crippen LogP contribution in [0.2, 0.25) is 0 Å². The molecule has 0 spiro atoms. The average molecular weight is 733 g/mol. The van der Waals surface area contributed by atoms with Crippen LogP contribution in [0.15, 0.2) is 194 Å². The lowest BCUT2D eigenvalue weighted by Gasteiger charge is -2.15. The van der Waals surface area contributed by atoms with Crippen molar-refractivity contribution in [3.05, 3.63) is 194 Å². The highest BCUT2D eigenvalue weighted by molar-refractivity contribution is 7.26. The number of fused-ring (bicyclic) bond motifs is 7. The number of hydrogen-bond donors (Lipinski definition) is 0. The quantitative estimate of drug-likeness (QED) is 0.171. The van der Waals surface area contributed by atoms with E-state index in [1.54, 1.807) is 0 Å². The third-order valence-electron chi connectivity index (χ3n) is 10.6. The second-order valence-electron chi connectivity index (χ2n) is 14.0. The molecule has 0 aliphatic heterocycles. The van der Waals surface area contributed by atoms with E-state index < -0.39 is 0 Å². The molecule has 56 heavy (non-hydrogen) atoms. The number of rotatable bonds is 6. The minimum atomic E-state index is 0.621. The first-order valence-electron chi connectivity index (χ1n) is 18.8. The van der Waals surface area contributed by atoms with Gasteiger partial charge in [0.15, 0.2) is 17.5 Å². The Labute approximate surface area is 327 Å². The van der Waals surface area contributed by atoms with Gasteiger partial charge in [-0.25, -0.2) is 15.0 Å². The SMILES string of the molecule is c1ccc(-c2cc(-c3nc(-c4ccccc4)nc(-c4ccccc4)n3)cc(-n3c4ccc(-c5ccccc5)cc4c4ccc5c6ccccc6sc5c43)c2)cc1. The fourth-order valence-corrected chi connectivity index (χ4v) is 9.20. The third-order valence-corrected chi connectivity index (χ3v) is 11.8. The van der Waals surface area contributed by atoms with E-state index >= 15 is 0 Å². The van der Waals surface area contributed by atoms with Gasteiger partial charge in [0.1, 0.15) is 0 Å². The van der Waals surface area contributed by atoms with E-state index in [4.69, 9.17) is 15.0 Å². The summed E-state index contributed by atoms with van der Waals surface area (Å²) in [4.78, 5) is 15.3. The number of aromatic nitrogens is 4. The van der Waals surface area contributed by atoms with E-state index in [0.717, 1.165) is 39.0 Å². The Morgan fingerprint density at radius 1 is 0.339 bits per heavy atom. The van der Waals surface area contributed by atoms with E-state index in [-0.39, 0.29) is 0 Å². The Bertz CT molecular complexity index is 3170. The highest BCUT2D eigenvalue weighted by atomic mass is 32.1. The zero-order valence-electron chi connectivity index (χ0n) is 30.2. The summed E-state index contributed by atoms with van der Waals surface area (Å²) in [6.45, 7) is 0. The Hall–Kier alpha value is -7.21. The number of thiophene rings is 1. The first-order valence-corrected chi connectivity index (χ1v) is 19.6. The summed E-state index contributed by atoms with van der Waals surface area (Å²) in [5.74, 6) is 1.90. The number of hydrogen-bond acceptors (Lipinski definition) is 4. The molecule has 0 aliphatic rings. The van der Waals surface area contributed by atoms with Crippen LogP contribution in [-0.4, -0.2) is 19.5 Å². The summed E-state index contributed by atoms with van der Waals surface area (Å²) >= 11 is 1.86. The molecular weight excluding hydrogens is 701 g/mol. The van der Waals surface area contributed by atoms with Crippen molar-refractivity contribution in [3.63, 3.8) is 0 Å². The van der Waals surface area contributed by atoms with Gasteiger partial charge < -0.3 is 4.57 Å². The molecule has 11 aromatic rings. The summed E-state index contributed by atoms with van der Waals surface area (Å²) in [5, 5.41) is 4.98. The molecule has 0 saturated heterocycles. The molecule has 0 unspecified atom stereocenters. The van der Waals surface area contributed by atoms with Crippen molar-refractivity contribution in [2.24, 2.45) is 0 Å². The zero-order valence-corrected chi connectivity index (χ0v) is 31.0. The Morgan fingerprint density at radius 2 is 0.857 bits per heavy atom. The highest BCUT2D eigenvalue weighted by Crippen LogP contribution is 2.44. The molecule has 8 aromatic carbocycles. The molecule has 11 rings (SSSR count). The largest absolute Gasteiger partial charge is 0.308 e. The minimum Gasteiger partial charge on any atom is -0.308 e. The van der Waals surface area contributed by atoms with Gasteiger partial charge in [0, 0.05) is 48.6 Å². The van der Waals surface area contributed by atoms with Crippen LogP contribution in [0.1, 0.15) is 0 Å². The molecule has 0 atom stereocenters. The molecule has 0 bridgehead atoms. The van der Waals surface area contributed by atoms with Crippen molar-refractivity contribution in [3.8, 4) is 62.1 Å². The molecule has 3 aromatic heterocycles. The molecule has 0 aliphatic carbocycles.